The third-order valence-electron chi connectivity index (χ3n) is 18.5. The molecule has 8 nitrogen and oxygen atoms in total. The summed E-state index contributed by atoms with van der Waals surface area (Å²) in [5.41, 5.74) is 0. The molecule has 532 valence electrons. The number of hydrogen-bond acceptors (Lipinski definition) is 6. The average Bonchev–Trinajstić information content (AvgIpc) is 3.72. The van der Waals surface area contributed by atoms with Crippen molar-refractivity contribution in [1.29, 1.82) is 0 Å². The highest BCUT2D eigenvalue weighted by atomic mass is 31.2. The zero-order chi connectivity index (χ0) is 65.5. The second-order valence-corrected chi connectivity index (χ2v) is 30.2. The maximum atomic E-state index is 13.1. The molecule has 0 aromatic rings. The number of carbonyl (C=O) groups is 1. The van der Waals surface area contributed by atoms with Gasteiger partial charge >= 0.3 is 0 Å². The Kier molecular flexibility index (Phi) is 70.5. The van der Waals surface area contributed by atoms with Crippen molar-refractivity contribution in [3.8, 4) is 0 Å². The Balaban J connectivity index is 3.94. The number of hydrogen-bond donors (Lipinski definition) is 2. The summed E-state index contributed by atoms with van der Waals surface area (Å²) in [5.74, 6) is -0.188. The molecule has 0 saturated heterocycles. The van der Waals surface area contributed by atoms with E-state index in [4.69, 9.17) is 9.05 Å². The topological polar surface area (TPSA) is 108 Å². The summed E-state index contributed by atoms with van der Waals surface area (Å²) >= 11 is 0. The molecule has 0 radical (unpaired) electrons. The van der Waals surface area contributed by atoms with Crippen LogP contribution in [0.1, 0.15) is 412 Å². The summed E-state index contributed by atoms with van der Waals surface area (Å²) in [5, 5.41) is 14.0. The predicted octanol–water partition coefficient (Wildman–Crippen LogP) is 25.5. The number of nitrogens with zero attached hydrogens (tertiary/aromatic N) is 1. The first-order valence-corrected chi connectivity index (χ1v) is 41.5. The maximum absolute atomic E-state index is 13.1. The molecule has 0 bridgehead atoms. The van der Waals surface area contributed by atoms with Crippen LogP contribution >= 0.6 is 7.82 Å². The lowest BCUT2D eigenvalue weighted by Crippen LogP contribution is -2.45. The van der Waals surface area contributed by atoms with E-state index in [2.05, 4.69) is 55.6 Å². The highest BCUT2D eigenvalue weighted by Gasteiger charge is 2.23. The molecule has 0 fully saturated rings. The van der Waals surface area contributed by atoms with Crippen LogP contribution < -0.4 is 10.2 Å². The molecule has 0 aromatic carbocycles. The fourth-order valence-corrected chi connectivity index (χ4v) is 13.1. The molecular formula is C81H157N2O6P. The second kappa shape index (κ2) is 71.7. The van der Waals surface area contributed by atoms with Crippen molar-refractivity contribution in [2.45, 2.75) is 424 Å². The Morgan fingerprint density at radius 2 is 0.644 bits per heavy atom. The van der Waals surface area contributed by atoms with Crippen LogP contribution in [0.4, 0.5) is 0 Å². The van der Waals surface area contributed by atoms with Gasteiger partial charge in [0.05, 0.1) is 39.9 Å². The van der Waals surface area contributed by atoms with Gasteiger partial charge in [-0.1, -0.05) is 396 Å². The van der Waals surface area contributed by atoms with Crippen LogP contribution in [-0.4, -0.2) is 68.5 Å². The summed E-state index contributed by atoms with van der Waals surface area (Å²) < 4.78 is 23.5. The van der Waals surface area contributed by atoms with Gasteiger partial charge in [-0.3, -0.25) is 9.36 Å². The molecule has 3 atom stereocenters. The molecule has 0 spiro atoms. The van der Waals surface area contributed by atoms with Gasteiger partial charge in [-0.2, -0.15) is 0 Å². The summed E-state index contributed by atoms with van der Waals surface area (Å²) in [6, 6.07) is -0.887. The highest BCUT2D eigenvalue weighted by molar-refractivity contribution is 7.45. The molecular weight excluding hydrogens is 1130 g/mol. The number of carbonyl (C=O) groups excluding carboxylic acids is 1. The standard InChI is InChI=1S/C81H157N2O6P/c1-6-8-10-12-14-16-18-20-22-24-26-28-30-32-34-36-37-38-39-40-41-42-43-44-45-47-49-51-53-55-57-59-61-63-65-67-69-71-73-75-81(85)82-79(78-89-90(86,87)88-77-76-83(3,4)5)80(84)74-72-70-68-66-64-62-60-58-56-54-52-50-48-46-35-33-31-29-27-25-23-21-19-17-15-13-11-9-7-2/h18,20,24,26,30,32,72,74,79-80,84H,6-17,19,21-23,25,27-29,31,33-71,73,75-78H2,1-5H3,(H-,82,85,86,87)/b20-18-,26-24-,32-30-,74-72+. The van der Waals surface area contributed by atoms with E-state index in [1.807, 2.05) is 27.2 Å². The van der Waals surface area contributed by atoms with Crippen molar-refractivity contribution >= 4 is 13.7 Å². The van der Waals surface area contributed by atoms with Crippen molar-refractivity contribution in [3.63, 3.8) is 0 Å². The third kappa shape index (κ3) is 73.9. The van der Waals surface area contributed by atoms with Gasteiger partial charge in [0.2, 0.25) is 5.91 Å². The Morgan fingerprint density at radius 1 is 0.389 bits per heavy atom. The number of unbranched alkanes of at least 4 members (excludes halogenated alkanes) is 56. The number of aliphatic hydroxyl groups excluding tert-OH is 1. The predicted molar refractivity (Wildman–Crippen MR) is 395 cm³/mol. The van der Waals surface area contributed by atoms with Gasteiger partial charge in [-0.15, -0.1) is 0 Å². The lowest BCUT2D eigenvalue weighted by atomic mass is 10.0. The quantitative estimate of drug-likeness (QED) is 0.0272. The fourth-order valence-electron chi connectivity index (χ4n) is 12.3. The number of likely N-dealkylation sites (N-methyl/N-ethyl adjacent to an activating group) is 1. The zero-order valence-corrected chi connectivity index (χ0v) is 62.0. The molecule has 0 aromatic heterocycles. The minimum absolute atomic E-state index is 0.00113. The molecule has 0 aliphatic carbocycles. The molecule has 0 rings (SSSR count). The van der Waals surface area contributed by atoms with Crippen LogP contribution in [0.3, 0.4) is 0 Å². The summed E-state index contributed by atoms with van der Waals surface area (Å²) in [7, 11) is 1.28. The smallest absolute Gasteiger partial charge is 0.268 e. The molecule has 1 amide bonds. The van der Waals surface area contributed by atoms with Gasteiger partial charge < -0.3 is 28.8 Å². The largest absolute Gasteiger partial charge is 0.756 e. The van der Waals surface area contributed by atoms with Gasteiger partial charge in [0, 0.05) is 6.42 Å². The van der Waals surface area contributed by atoms with Gasteiger partial charge in [0.25, 0.3) is 7.82 Å². The first kappa shape index (κ1) is 88.5. The van der Waals surface area contributed by atoms with Gasteiger partial charge in [-0.05, 0) is 57.8 Å². The van der Waals surface area contributed by atoms with Gasteiger partial charge in [0.1, 0.15) is 13.2 Å². The maximum Gasteiger partial charge on any atom is 0.268 e. The normalized spacial score (nSPS) is 13.7. The Labute approximate surface area is 562 Å². The van der Waals surface area contributed by atoms with E-state index in [9.17, 15) is 19.4 Å². The minimum atomic E-state index is -4.61. The SMILES string of the molecule is CCCCCCC/C=C\C/C=C\C/C=C\CCCCCCCCCCCCCCCCCCCCCCCCCCC(=O)NC(COP(=O)([O-])OCC[N+](C)(C)C)C(O)/C=C/CCCCCCCCCCCCCCCCCCCCCCCCCCCCC. The number of nitrogens with one attached hydrogen (secondary N) is 1. The molecule has 0 aliphatic heterocycles. The van der Waals surface area contributed by atoms with Crippen LogP contribution in [0.25, 0.3) is 0 Å². The lowest BCUT2D eigenvalue weighted by Gasteiger charge is -2.29. The molecule has 0 aliphatic rings. The number of quaternary nitrogens is 1. The Hall–Kier alpha value is -1.54. The van der Waals surface area contributed by atoms with E-state index in [-0.39, 0.29) is 19.1 Å². The van der Waals surface area contributed by atoms with E-state index in [1.165, 1.54) is 340 Å². The Morgan fingerprint density at radius 3 is 0.933 bits per heavy atom. The van der Waals surface area contributed by atoms with Crippen molar-refractivity contribution in [2.24, 2.45) is 0 Å². The third-order valence-corrected chi connectivity index (χ3v) is 19.5. The zero-order valence-electron chi connectivity index (χ0n) is 61.1. The van der Waals surface area contributed by atoms with Gasteiger partial charge in [-0.25, -0.2) is 0 Å². The van der Waals surface area contributed by atoms with Gasteiger partial charge in [0.15, 0.2) is 0 Å². The molecule has 9 heteroatoms. The summed E-state index contributed by atoms with van der Waals surface area (Å²) in [6.07, 6.45) is 98.5. The van der Waals surface area contributed by atoms with E-state index in [0.717, 1.165) is 51.4 Å². The Bertz CT molecular complexity index is 1610. The average molecular weight is 1290 g/mol. The van der Waals surface area contributed by atoms with Crippen molar-refractivity contribution < 1.29 is 32.9 Å². The molecule has 3 unspecified atom stereocenters. The van der Waals surface area contributed by atoms with E-state index >= 15 is 0 Å². The number of rotatable bonds is 75. The van der Waals surface area contributed by atoms with Crippen molar-refractivity contribution in [1.82, 2.24) is 5.32 Å². The minimum Gasteiger partial charge on any atom is -0.756 e. The first-order chi connectivity index (χ1) is 44.0. The van der Waals surface area contributed by atoms with E-state index in [1.54, 1.807) is 6.08 Å². The lowest BCUT2D eigenvalue weighted by molar-refractivity contribution is -0.870. The van der Waals surface area contributed by atoms with Crippen molar-refractivity contribution in [3.05, 3.63) is 48.6 Å². The molecule has 90 heavy (non-hydrogen) atoms. The monoisotopic (exact) mass is 1290 g/mol. The van der Waals surface area contributed by atoms with Crippen LogP contribution in [-0.2, 0) is 18.4 Å². The van der Waals surface area contributed by atoms with Crippen LogP contribution in [0, 0.1) is 0 Å². The summed E-state index contributed by atoms with van der Waals surface area (Å²) in [4.78, 5) is 25.7. The number of phosphoric acid groups is 1. The van der Waals surface area contributed by atoms with E-state index < -0.39 is 20.0 Å². The number of phosphoric ester groups is 1. The number of aliphatic hydroxyl groups is 1. The number of allylic oxidation sites excluding steroid dienone is 7. The molecule has 0 saturated carbocycles. The van der Waals surface area contributed by atoms with Crippen molar-refractivity contribution in [2.75, 3.05) is 40.9 Å². The molecule has 0 heterocycles. The number of amides is 1. The van der Waals surface area contributed by atoms with E-state index in [0.29, 0.717) is 17.4 Å². The molecule has 2 N–H and O–H groups in total. The van der Waals surface area contributed by atoms with Crippen LogP contribution in [0.2, 0.25) is 0 Å². The van der Waals surface area contributed by atoms with Crippen LogP contribution in [0.5, 0.6) is 0 Å². The van der Waals surface area contributed by atoms with Crippen LogP contribution in [0.15, 0.2) is 48.6 Å². The first-order valence-electron chi connectivity index (χ1n) is 40.0. The summed E-state index contributed by atoms with van der Waals surface area (Å²) in [6.45, 7) is 4.70. The highest BCUT2D eigenvalue weighted by Crippen LogP contribution is 2.38. The fraction of sp³-hybridized carbons (Fsp3) is 0.889. The second-order valence-electron chi connectivity index (χ2n) is 28.8.